The maximum Gasteiger partial charge on any atom is 0.367 e. The van der Waals surface area contributed by atoms with Gasteiger partial charge in [-0.15, -0.1) is 16.9 Å². The minimum Gasteiger partial charge on any atom is -0.323 e. The van der Waals surface area contributed by atoms with Crippen LogP contribution in [0.2, 0.25) is 5.02 Å². The average Bonchev–Trinajstić information content (AvgIpc) is 3.00. The molecule has 146 valence electrons. The zero-order chi connectivity index (χ0) is 19.5. The summed E-state index contributed by atoms with van der Waals surface area (Å²) in [6.45, 7) is -0.210. The summed E-state index contributed by atoms with van der Waals surface area (Å²) >= 11 is 7.76. The summed E-state index contributed by atoms with van der Waals surface area (Å²) in [5.74, 6) is -0.379. The summed E-state index contributed by atoms with van der Waals surface area (Å²) in [6.07, 6.45) is 6.16. The Morgan fingerprint density at radius 1 is 1.14 bits per heavy atom. The lowest BCUT2D eigenvalue weighted by Crippen LogP contribution is -2.29. The van der Waals surface area contributed by atoms with Gasteiger partial charge in [-0.2, -0.15) is 9.61 Å². The molecule has 1 fully saturated rings. The zero-order valence-electron chi connectivity index (χ0n) is 15.2. The van der Waals surface area contributed by atoms with Crippen LogP contribution in [0.4, 0.5) is 5.69 Å². The zero-order valence-corrected chi connectivity index (χ0v) is 16.7. The van der Waals surface area contributed by atoms with Crippen LogP contribution in [-0.4, -0.2) is 30.6 Å². The van der Waals surface area contributed by atoms with Crippen LogP contribution in [0.25, 0.3) is 5.65 Å². The topological polar surface area (TPSA) is 81.3 Å². The molecule has 28 heavy (non-hydrogen) atoms. The van der Waals surface area contributed by atoms with Gasteiger partial charge in [0.2, 0.25) is 5.91 Å². The molecule has 1 N–H and O–H groups in total. The number of benzene rings is 1. The van der Waals surface area contributed by atoms with Gasteiger partial charge in [-0.25, -0.2) is 9.48 Å². The van der Waals surface area contributed by atoms with E-state index in [0.29, 0.717) is 21.6 Å². The fourth-order valence-electron chi connectivity index (χ4n) is 3.30. The predicted octanol–water partition coefficient (Wildman–Crippen LogP) is 3.61. The van der Waals surface area contributed by atoms with E-state index in [1.165, 1.54) is 36.6 Å². The number of thioether (sulfide) groups is 1. The Morgan fingerprint density at radius 3 is 2.71 bits per heavy atom. The van der Waals surface area contributed by atoms with Crippen molar-refractivity contribution in [2.45, 2.75) is 48.9 Å². The Bertz CT molecular complexity index is 1060. The minimum absolute atomic E-state index is 0.210. The molecule has 9 heteroatoms. The van der Waals surface area contributed by atoms with Crippen LogP contribution in [0.3, 0.4) is 0 Å². The highest BCUT2D eigenvalue weighted by atomic mass is 35.5. The molecule has 1 amide bonds. The van der Waals surface area contributed by atoms with Crippen molar-refractivity contribution < 1.29 is 4.79 Å². The fraction of sp³-hybridized carbons (Fsp3) is 0.368. The van der Waals surface area contributed by atoms with Gasteiger partial charge in [0.1, 0.15) is 11.6 Å². The van der Waals surface area contributed by atoms with E-state index in [-0.39, 0.29) is 12.5 Å². The number of hydrogen-bond acceptors (Lipinski definition) is 5. The van der Waals surface area contributed by atoms with E-state index in [4.69, 9.17) is 11.6 Å². The van der Waals surface area contributed by atoms with Crippen LogP contribution in [-0.2, 0) is 11.3 Å². The van der Waals surface area contributed by atoms with E-state index in [1.54, 1.807) is 42.1 Å². The summed E-state index contributed by atoms with van der Waals surface area (Å²) < 4.78 is 2.37. The Kier molecular flexibility index (Phi) is 5.68. The summed E-state index contributed by atoms with van der Waals surface area (Å²) in [6, 6.07) is 10.6. The number of anilines is 1. The lowest BCUT2D eigenvalue weighted by molar-refractivity contribution is -0.117. The number of nitrogens with one attached hydrogen (secondary N) is 1. The number of fused-ring (bicyclic) bond motifs is 1. The van der Waals surface area contributed by atoms with Gasteiger partial charge < -0.3 is 5.32 Å². The van der Waals surface area contributed by atoms with E-state index < -0.39 is 5.69 Å². The van der Waals surface area contributed by atoms with Crippen molar-refractivity contribution in [1.82, 2.24) is 19.4 Å². The Balaban J connectivity index is 1.50. The third-order valence-electron chi connectivity index (χ3n) is 4.70. The van der Waals surface area contributed by atoms with Gasteiger partial charge in [-0.1, -0.05) is 43.0 Å². The van der Waals surface area contributed by atoms with Crippen LogP contribution in [0.15, 0.2) is 46.2 Å². The molecule has 2 heterocycles. The molecule has 2 aromatic heterocycles. The second-order valence-electron chi connectivity index (χ2n) is 6.79. The van der Waals surface area contributed by atoms with Crippen LogP contribution in [0, 0.1) is 0 Å². The number of aromatic nitrogens is 4. The largest absolute Gasteiger partial charge is 0.367 e. The minimum atomic E-state index is -0.435. The quantitative estimate of drug-likeness (QED) is 0.685. The Labute approximate surface area is 171 Å². The first-order valence-electron chi connectivity index (χ1n) is 9.28. The van der Waals surface area contributed by atoms with Crippen LogP contribution in [0.5, 0.6) is 0 Å². The van der Waals surface area contributed by atoms with Crippen molar-refractivity contribution in [3.63, 3.8) is 0 Å². The van der Waals surface area contributed by atoms with E-state index in [0.717, 1.165) is 9.71 Å². The lowest BCUT2D eigenvalue weighted by Gasteiger charge is -2.20. The molecule has 0 aliphatic heterocycles. The second-order valence-corrected chi connectivity index (χ2v) is 8.52. The third kappa shape index (κ3) is 4.23. The van der Waals surface area contributed by atoms with Crippen molar-refractivity contribution in [2.75, 3.05) is 5.32 Å². The highest BCUT2D eigenvalue weighted by molar-refractivity contribution is 7.99. The molecule has 1 aliphatic rings. The predicted molar refractivity (Wildman–Crippen MR) is 110 cm³/mol. The van der Waals surface area contributed by atoms with E-state index >= 15 is 0 Å². The van der Waals surface area contributed by atoms with Crippen molar-refractivity contribution in [1.29, 1.82) is 0 Å². The van der Waals surface area contributed by atoms with Gasteiger partial charge in [0.05, 0.1) is 10.7 Å². The van der Waals surface area contributed by atoms with Gasteiger partial charge >= 0.3 is 5.69 Å². The standard InChI is InChI=1S/C19H20ClN5O2S/c20-14-8-4-5-9-15(14)21-17(26)12-24-19(27)25-16(22-24)10-11-18(23-25)28-13-6-2-1-3-7-13/h4-5,8-11,13H,1-3,6-7,12H2,(H,21,26). The SMILES string of the molecule is O=C(Cn1nc2ccc(SC3CCCCC3)nn2c1=O)Nc1ccccc1Cl. The maximum absolute atomic E-state index is 12.6. The summed E-state index contributed by atoms with van der Waals surface area (Å²) in [7, 11) is 0. The van der Waals surface area contributed by atoms with Crippen LogP contribution >= 0.6 is 23.4 Å². The molecule has 1 aliphatic carbocycles. The number of carbonyl (C=O) groups is 1. The molecule has 7 nitrogen and oxygen atoms in total. The molecule has 0 unspecified atom stereocenters. The molecule has 0 bridgehead atoms. The van der Waals surface area contributed by atoms with E-state index in [9.17, 15) is 9.59 Å². The molecule has 4 rings (SSSR count). The van der Waals surface area contributed by atoms with Crippen molar-refractivity contribution in [3.05, 3.63) is 51.9 Å². The number of halogens is 1. The van der Waals surface area contributed by atoms with Crippen LogP contribution < -0.4 is 11.0 Å². The van der Waals surface area contributed by atoms with E-state index in [2.05, 4.69) is 15.5 Å². The molecule has 0 radical (unpaired) electrons. The monoisotopic (exact) mass is 417 g/mol. The number of amides is 1. The summed E-state index contributed by atoms with van der Waals surface area (Å²) in [5.41, 5.74) is 0.481. The number of hydrogen-bond donors (Lipinski definition) is 1. The highest BCUT2D eigenvalue weighted by Crippen LogP contribution is 2.32. The smallest absolute Gasteiger partial charge is 0.323 e. The number of rotatable bonds is 5. The van der Waals surface area contributed by atoms with E-state index in [1.807, 2.05) is 6.07 Å². The molecule has 1 aromatic carbocycles. The van der Waals surface area contributed by atoms with Gasteiger partial charge in [0.25, 0.3) is 0 Å². The molecular formula is C19H20ClN5O2S. The number of nitrogens with zero attached hydrogens (tertiary/aromatic N) is 4. The highest BCUT2D eigenvalue weighted by Gasteiger charge is 2.17. The van der Waals surface area contributed by atoms with Gasteiger partial charge in [-0.05, 0) is 37.1 Å². The molecule has 0 atom stereocenters. The fourth-order valence-corrected chi connectivity index (χ4v) is 4.67. The molecular weight excluding hydrogens is 398 g/mol. The molecule has 0 saturated heterocycles. The average molecular weight is 418 g/mol. The normalized spacial score (nSPS) is 15.0. The molecule has 1 saturated carbocycles. The maximum atomic E-state index is 12.6. The first kappa shape index (κ1) is 19.0. The summed E-state index contributed by atoms with van der Waals surface area (Å²) in [5, 5.41) is 13.1. The first-order chi connectivity index (χ1) is 13.6. The first-order valence-corrected chi connectivity index (χ1v) is 10.5. The summed E-state index contributed by atoms with van der Waals surface area (Å²) in [4.78, 5) is 24.9. The lowest BCUT2D eigenvalue weighted by atomic mass is 10.0. The van der Waals surface area contributed by atoms with Crippen molar-refractivity contribution in [2.24, 2.45) is 0 Å². The van der Waals surface area contributed by atoms with Gasteiger partial charge in [0, 0.05) is 5.25 Å². The molecule has 0 spiro atoms. The number of carbonyl (C=O) groups excluding carboxylic acids is 1. The van der Waals surface area contributed by atoms with Crippen molar-refractivity contribution >= 4 is 40.6 Å². The number of para-hydroxylation sites is 1. The molecule has 3 aromatic rings. The van der Waals surface area contributed by atoms with Gasteiger partial charge in [0.15, 0.2) is 5.65 Å². The second kappa shape index (κ2) is 8.36. The van der Waals surface area contributed by atoms with Crippen molar-refractivity contribution in [3.8, 4) is 0 Å². The van der Waals surface area contributed by atoms with Crippen LogP contribution in [0.1, 0.15) is 32.1 Å². The third-order valence-corrected chi connectivity index (χ3v) is 6.29. The Morgan fingerprint density at radius 2 is 1.93 bits per heavy atom. The Hall–Kier alpha value is -2.32. The van der Waals surface area contributed by atoms with Gasteiger partial charge in [-0.3, -0.25) is 4.79 Å².